The third kappa shape index (κ3) is 15.9. The number of halogens is 5. The number of hydrogen-bond donors (Lipinski definition) is 3. The van der Waals surface area contributed by atoms with Gasteiger partial charge >= 0.3 is 10.2 Å². The molecule has 0 bridgehead atoms. The maximum absolute atomic E-state index is 14.5. The van der Waals surface area contributed by atoms with Crippen LogP contribution < -0.4 is 39.1 Å². The number of rotatable bonds is 29. The SMILES string of the molecule is CCCCOc1cc(C(=O)Nc2cc(S(F)(F)(F)(F)F)cc(NC(=O)c3cc(OCCCC)c(OCCCC)c(OCCCC)c3)c2O)cc(OCCCC)c1OCCCC. The van der Waals surface area contributed by atoms with Crippen molar-refractivity contribution >= 4 is 33.4 Å². The molecule has 0 radical (unpaired) electrons. The van der Waals surface area contributed by atoms with Gasteiger partial charge < -0.3 is 44.2 Å². The molecule has 0 aliphatic carbocycles. The lowest BCUT2D eigenvalue weighted by molar-refractivity contribution is 0.101. The zero-order valence-electron chi connectivity index (χ0n) is 36.2. The zero-order valence-corrected chi connectivity index (χ0v) is 37.0. The molecule has 0 spiro atoms. The van der Waals surface area contributed by atoms with Gasteiger partial charge in [0.25, 0.3) is 11.8 Å². The van der Waals surface area contributed by atoms with E-state index in [4.69, 9.17) is 28.4 Å². The first-order valence-electron chi connectivity index (χ1n) is 21.3. The van der Waals surface area contributed by atoms with Gasteiger partial charge in [0.05, 0.1) is 51.0 Å². The molecule has 0 aliphatic rings. The molecule has 3 aromatic carbocycles. The standard InChI is InChI=1S/C44H63F5N2O9S/c1-7-13-19-55-36-25-31(26-37(56-20-14-8-2)41(36)59-23-17-11-5)43(53)50-34-29-33(61(45,46,47,48)49)30-35(40(34)52)51-44(54)32-27-38(57-21-15-9-3)42(60-24-18-12-6)39(28-32)58-22-16-10-4/h25-30,52H,7-24H2,1-6H3,(H,50,53)(H,51,54). The highest BCUT2D eigenvalue weighted by molar-refractivity contribution is 8.45. The predicted octanol–water partition coefficient (Wildman–Crippen LogP) is 13.6. The van der Waals surface area contributed by atoms with Crippen molar-refractivity contribution < 1.29 is 62.5 Å². The first kappa shape index (κ1) is 50.6. The van der Waals surface area contributed by atoms with E-state index in [0.717, 1.165) is 38.5 Å². The highest BCUT2D eigenvalue weighted by Crippen LogP contribution is 3.02. The lowest BCUT2D eigenvalue weighted by Crippen LogP contribution is -2.17. The number of hydrogen-bond acceptors (Lipinski definition) is 9. The molecule has 0 saturated heterocycles. The van der Waals surface area contributed by atoms with Crippen molar-refractivity contribution in [3.05, 3.63) is 47.5 Å². The minimum absolute atomic E-state index is 0.0776. The molecule has 2 amide bonds. The van der Waals surface area contributed by atoms with Crippen molar-refractivity contribution in [1.82, 2.24) is 0 Å². The van der Waals surface area contributed by atoms with Crippen LogP contribution in [0, 0.1) is 0 Å². The van der Waals surface area contributed by atoms with Crippen molar-refractivity contribution in [2.24, 2.45) is 0 Å². The Labute approximate surface area is 356 Å². The second kappa shape index (κ2) is 22.9. The first-order valence-corrected chi connectivity index (χ1v) is 23.2. The summed E-state index contributed by atoms with van der Waals surface area (Å²) in [6, 6.07) is 5.02. The minimum atomic E-state index is -10.5. The van der Waals surface area contributed by atoms with E-state index in [0.29, 0.717) is 51.7 Å². The van der Waals surface area contributed by atoms with E-state index in [1.165, 1.54) is 24.3 Å². The van der Waals surface area contributed by atoms with Crippen LogP contribution in [0.5, 0.6) is 40.2 Å². The summed E-state index contributed by atoms with van der Waals surface area (Å²) in [7, 11) is -10.5. The molecule has 3 N–H and O–H groups in total. The Hall–Kier alpha value is -4.80. The van der Waals surface area contributed by atoms with E-state index >= 15 is 0 Å². The summed E-state index contributed by atoms with van der Waals surface area (Å²) in [6.07, 6.45) is 8.79. The number of carbonyl (C=O) groups excluding carboxylic acids is 2. The van der Waals surface area contributed by atoms with Gasteiger partial charge in [-0.2, -0.15) is 0 Å². The molecular weight excluding hydrogens is 828 g/mol. The van der Waals surface area contributed by atoms with E-state index in [1.807, 2.05) is 41.5 Å². The van der Waals surface area contributed by atoms with Crippen LogP contribution in [0.15, 0.2) is 41.3 Å². The second-order valence-electron chi connectivity index (χ2n) is 14.6. The minimum Gasteiger partial charge on any atom is -0.504 e. The van der Waals surface area contributed by atoms with Crippen LogP contribution in [-0.4, -0.2) is 56.6 Å². The number of nitrogens with one attached hydrogen (secondary N) is 2. The number of amides is 2. The number of phenols is 1. The summed E-state index contributed by atoms with van der Waals surface area (Å²) in [5.74, 6) is -2.37. The van der Waals surface area contributed by atoms with Gasteiger partial charge in [-0.3, -0.25) is 9.59 Å². The Kier molecular flexibility index (Phi) is 19.0. The van der Waals surface area contributed by atoms with Crippen LogP contribution in [0.25, 0.3) is 0 Å². The maximum atomic E-state index is 14.5. The van der Waals surface area contributed by atoms with Gasteiger partial charge in [-0.25, -0.2) is 0 Å². The molecule has 344 valence electrons. The molecule has 3 aromatic rings. The molecule has 0 fully saturated rings. The van der Waals surface area contributed by atoms with Gasteiger partial charge in [-0.05, 0) is 74.9 Å². The van der Waals surface area contributed by atoms with Gasteiger partial charge in [0.15, 0.2) is 28.7 Å². The second-order valence-corrected chi connectivity index (χ2v) is 17.0. The number of anilines is 2. The van der Waals surface area contributed by atoms with Gasteiger partial charge in [-0.1, -0.05) is 99.5 Å². The van der Waals surface area contributed by atoms with Crippen molar-refractivity contribution in [1.29, 1.82) is 0 Å². The monoisotopic (exact) mass is 890 g/mol. The molecule has 0 heterocycles. The molecule has 61 heavy (non-hydrogen) atoms. The highest BCUT2D eigenvalue weighted by Gasteiger charge is 2.66. The predicted molar refractivity (Wildman–Crippen MR) is 231 cm³/mol. The summed E-state index contributed by atoms with van der Waals surface area (Å²) >= 11 is 0. The fourth-order valence-corrected chi connectivity index (χ4v) is 6.16. The molecule has 0 atom stereocenters. The summed E-state index contributed by atoms with van der Waals surface area (Å²) in [6.45, 7) is 13.3. The van der Waals surface area contributed by atoms with Crippen molar-refractivity contribution in [2.45, 2.75) is 123 Å². The smallest absolute Gasteiger partial charge is 0.310 e. The normalized spacial score (nSPS) is 12.5. The Bertz CT molecular complexity index is 1720. The summed E-state index contributed by atoms with van der Waals surface area (Å²) in [4.78, 5) is 25.2. The van der Waals surface area contributed by atoms with Gasteiger partial charge in [-0.15, -0.1) is 0 Å². The van der Waals surface area contributed by atoms with Crippen LogP contribution in [0.3, 0.4) is 0 Å². The average Bonchev–Trinajstić information content (AvgIpc) is 3.20. The summed E-state index contributed by atoms with van der Waals surface area (Å²) in [5.41, 5.74) is -2.50. The molecular formula is C44H63F5N2O9S. The van der Waals surface area contributed by atoms with Crippen molar-refractivity contribution in [3.8, 4) is 40.2 Å². The maximum Gasteiger partial charge on any atom is 0.310 e. The summed E-state index contributed by atoms with van der Waals surface area (Å²) < 4.78 is 108. The number of benzene rings is 3. The summed E-state index contributed by atoms with van der Waals surface area (Å²) in [5, 5.41) is 15.6. The molecule has 0 aromatic heterocycles. The van der Waals surface area contributed by atoms with Crippen LogP contribution in [-0.2, 0) is 0 Å². The van der Waals surface area contributed by atoms with Crippen LogP contribution in [0.1, 0.15) is 139 Å². The van der Waals surface area contributed by atoms with E-state index in [1.54, 1.807) is 0 Å². The van der Waals surface area contributed by atoms with Crippen molar-refractivity contribution in [2.75, 3.05) is 50.3 Å². The Balaban J connectivity index is 2.15. The van der Waals surface area contributed by atoms with Crippen LogP contribution in [0.4, 0.5) is 30.8 Å². The van der Waals surface area contributed by atoms with Crippen LogP contribution >= 0.6 is 10.2 Å². The molecule has 3 rings (SSSR count). The van der Waals surface area contributed by atoms with E-state index < -0.39 is 44.1 Å². The number of unbranched alkanes of at least 4 members (excludes halogenated alkanes) is 6. The van der Waals surface area contributed by atoms with Gasteiger partial charge in [0, 0.05) is 11.1 Å². The van der Waals surface area contributed by atoms with E-state index in [2.05, 4.69) is 10.6 Å². The number of aromatic hydroxyl groups is 1. The van der Waals surface area contributed by atoms with Gasteiger partial charge in [0.1, 0.15) is 4.90 Å². The lowest BCUT2D eigenvalue weighted by Gasteiger charge is -2.41. The topological polar surface area (TPSA) is 134 Å². The Morgan fingerprint density at radius 3 is 0.984 bits per heavy atom. The zero-order chi connectivity index (χ0) is 45.1. The number of carbonyl (C=O) groups is 2. The molecule has 0 saturated carbocycles. The number of ether oxygens (including phenoxy) is 6. The molecule has 11 nitrogen and oxygen atoms in total. The first-order chi connectivity index (χ1) is 28.9. The Morgan fingerprint density at radius 2 is 0.738 bits per heavy atom. The van der Waals surface area contributed by atoms with E-state index in [9.17, 15) is 34.1 Å². The lowest BCUT2D eigenvalue weighted by atomic mass is 10.1. The quantitative estimate of drug-likeness (QED) is 0.0354. The molecule has 17 heteroatoms. The van der Waals surface area contributed by atoms with Crippen LogP contribution in [0.2, 0.25) is 0 Å². The number of phenolic OH excluding ortho intramolecular Hbond substituents is 1. The molecule has 0 aliphatic heterocycles. The average molecular weight is 891 g/mol. The third-order valence-corrected chi connectivity index (χ3v) is 10.2. The largest absolute Gasteiger partial charge is 0.504 e. The van der Waals surface area contributed by atoms with Gasteiger partial charge in [0.2, 0.25) is 11.5 Å². The fraction of sp³-hybridized carbons (Fsp3) is 0.545. The highest BCUT2D eigenvalue weighted by atomic mass is 32.5. The Morgan fingerprint density at radius 1 is 0.475 bits per heavy atom. The molecule has 0 unspecified atom stereocenters. The van der Waals surface area contributed by atoms with Crippen molar-refractivity contribution in [3.63, 3.8) is 0 Å². The fourth-order valence-electron chi connectivity index (χ4n) is 5.48. The van der Waals surface area contributed by atoms with E-state index in [-0.39, 0.29) is 84.2 Å². The third-order valence-electron chi connectivity index (χ3n) is 9.10.